The monoisotopic (exact) mass is 428 g/mol. The maximum atomic E-state index is 11.9. The average molecular weight is 429 g/mol. The van der Waals surface area contributed by atoms with Crippen LogP contribution >= 0.6 is 0 Å². The third kappa shape index (κ3) is 4.35. The Balaban J connectivity index is 2.55. The van der Waals surface area contributed by atoms with E-state index in [1.54, 1.807) is 0 Å². The molecule has 0 bridgehead atoms. The highest BCUT2D eigenvalue weighted by Crippen LogP contribution is 2.47. The normalized spacial score (nSPS) is 12.0. The number of benzene rings is 3. The van der Waals surface area contributed by atoms with E-state index >= 15 is 0 Å². The van der Waals surface area contributed by atoms with Crippen LogP contribution in [0.1, 0.15) is 107 Å². The summed E-state index contributed by atoms with van der Waals surface area (Å²) in [5.74, 6) is 1.78. The van der Waals surface area contributed by atoms with Crippen molar-refractivity contribution in [1.82, 2.24) is 0 Å². The predicted molar refractivity (Wildman–Crippen MR) is 141 cm³/mol. The van der Waals surface area contributed by atoms with Crippen LogP contribution in [0.3, 0.4) is 0 Å². The molecule has 0 aliphatic heterocycles. The summed E-state index contributed by atoms with van der Waals surface area (Å²) < 4.78 is 0. The van der Waals surface area contributed by atoms with Gasteiger partial charge in [-0.1, -0.05) is 104 Å². The highest BCUT2D eigenvalue weighted by Gasteiger charge is 2.27. The lowest BCUT2D eigenvalue weighted by Crippen LogP contribution is -2.09. The van der Waals surface area contributed by atoms with Crippen LogP contribution in [0.15, 0.2) is 49.0 Å². The van der Waals surface area contributed by atoms with Gasteiger partial charge in [0.25, 0.3) is 0 Å². The highest BCUT2D eigenvalue weighted by molar-refractivity contribution is 6.03. The summed E-state index contributed by atoms with van der Waals surface area (Å²) in [5, 5.41) is 14.1. The van der Waals surface area contributed by atoms with Gasteiger partial charge in [0.1, 0.15) is 5.75 Å². The largest absolute Gasteiger partial charge is 0.507 e. The van der Waals surface area contributed by atoms with E-state index in [4.69, 9.17) is 0 Å². The van der Waals surface area contributed by atoms with Crippen LogP contribution in [-0.4, -0.2) is 5.11 Å². The molecule has 0 spiro atoms. The SMILES string of the molecule is C=C(c1c(C(C)C)c(Cc2ccccc2)c(O)c2c(C(C)C)c(C(C)C)ccc12)C(C)C. The van der Waals surface area contributed by atoms with Gasteiger partial charge in [-0.2, -0.15) is 0 Å². The van der Waals surface area contributed by atoms with Crippen LogP contribution in [0, 0.1) is 5.92 Å². The zero-order valence-corrected chi connectivity index (χ0v) is 21.2. The van der Waals surface area contributed by atoms with Gasteiger partial charge in [0.15, 0.2) is 0 Å². The van der Waals surface area contributed by atoms with E-state index in [9.17, 15) is 5.11 Å². The fourth-order valence-corrected chi connectivity index (χ4v) is 5.05. The van der Waals surface area contributed by atoms with Crippen molar-refractivity contribution in [1.29, 1.82) is 0 Å². The van der Waals surface area contributed by atoms with Crippen molar-refractivity contribution in [2.45, 2.75) is 79.6 Å². The van der Waals surface area contributed by atoms with Crippen LogP contribution < -0.4 is 0 Å². The first-order valence-electron chi connectivity index (χ1n) is 12.1. The van der Waals surface area contributed by atoms with Crippen molar-refractivity contribution in [3.8, 4) is 5.75 Å². The number of rotatable bonds is 7. The predicted octanol–water partition coefficient (Wildman–Crippen LogP) is 9.18. The summed E-state index contributed by atoms with van der Waals surface area (Å²) in [5.41, 5.74) is 8.51. The minimum Gasteiger partial charge on any atom is -0.507 e. The molecule has 0 saturated carbocycles. The molecule has 0 atom stereocenters. The van der Waals surface area contributed by atoms with Crippen molar-refractivity contribution in [2.75, 3.05) is 0 Å². The molecule has 3 rings (SSSR count). The quantitative estimate of drug-likeness (QED) is 0.397. The molecule has 1 N–H and O–H groups in total. The molecule has 0 fully saturated rings. The topological polar surface area (TPSA) is 20.2 Å². The zero-order chi connectivity index (χ0) is 23.7. The molecule has 0 saturated heterocycles. The molecule has 170 valence electrons. The van der Waals surface area contributed by atoms with Gasteiger partial charge in [-0.25, -0.2) is 0 Å². The number of hydrogen-bond donors (Lipinski definition) is 1. The van der Waals surface area contributed by atoms with Gasteiger partial charge in [-0.15, -0.1) is 0 Å². The maximum absolute atomic E-state index is 11.9. The minimum absolute atomic E-state index is 0.279. The molecule has 0 aliphatic rings. The Kier molecular flexibility index (Phi) is 7.18. The van der Waals surface area contributed by atoms with Crippen molar-refractivity contribution in [3.63, 3.8) is 0 Å². The third-order valence-corrected chi connectivity index (χ3v) is 6.68. The van der Waals surface area contributed by atoms with Crippen LogP contribution in [0.2, 0.25) is 0 Å². The Hall–Kier alpha value is -2.54. The second kappa shape index (κ2) is 9.53. The first-order valence-corrected chi connectivity index (χ1v) is 12.1. The maximum Gasteiger partial charge on any atom is 0.127 e. The van der Waals surface area contributed by atoms with Crippen molar-refractivity contribution < 1.29 is 5.11 Å². The van der Waals surface area contributed by atoms with E-state index in [0.29, 0.717) is 23.5 Å². The third-order valence-electron chi connectivity index (χ3n) is 6.68. The molecule has 1 heteroatoms. The average Bonchev–Trinajstić information content (AvgIpc) is 2.74. The minimum atomic E-state index is 0.279. The van der Waals surface area contributed by atoms with Crippen molar-refractivity contribution in [2.24, 2.45) is 5.92 Å². The van der Waals surface area contributed by atoms with Gasteiger partial charge in [-0.05, 0) is 62.4 Å². The van der Waals surface area contributed by atoms with E-state index in [2.05, 4.69) is 98.4 Å². The van der Waals surface area contributed by atoms with Crippen LogP contribution in [-0.2, 0) is 6.42 Å². The number of phenolic OH excluding ortho intramolecular Hbond substituents is 1. The highest BCUT2D eigenvalue weighted by atomic mass is 16.3. The lowest BCUT2D eigenvalue weighted by Gasteiger charge is -2.28. The molecule has 32 heavy (non-hydrogen) atoms. The lowest BCUT2D eigenvalue weighted by molar-refractivity contribution is 0.473. The van der Waals surface area contributed by atoms with Crippen LogP contribution in [0.25, 0.3) is 16.3 Å². The molecule has 0 heterocycles. The Morgan fingerprint density at radius 2 is 1.38 bits per heavy atom. The van der Waals surface area contributed by atoms with E-state index in [1.165, 1.54) is 27.8 Å². The summed E-state index contributed by atoms with van der Waals surface area (Å²) in [6, 6.07) is 15.0. The molecule has 3 aromatic rings. The van der Waals surface area contributed by atoms with Gasteiger partial charge < -0.3 is 5.11 Å². The Morgan fingerprint density at radius 3 is 1.88 bits per heavy atom. The second-order valence-electron chi connectivity index (χ2n) is 10.4. The van der Waals surface area contributed by atoms with E-state index in [1.807, 2.05) is 6.07 Å². The summed E-state index contributed by atoms with van der Waals surface area (Å²) in [4.78, 5) is 0. The first kappa shape index (κ1) is 24.1. The summed E-state index contributed by atoms with van der Waals surface area (Å²) >= 11 is 0. The molecule has 0 amide bonds. The molecular weight excluding hydrogens is 388 g/mol. The van der Waals surface area contributed by atoms with E-state index < -0.39 is 0 Å². The number of hydrogen-bond acceptors (Lipinski definition) is 1. The Morgan fingerprint density at radius 1 is 0.781 bits per heavy atom. The summed E-state index contributed by atoms with van der Waals surface area (Å²) in [7, 11) is 0. The molecular formula is C31H40O. The number of aromatic hydroxyl groups is 1. The fraction of sp³-hybridized carbons (Fsp3) is 0.419. The molecule has 0 aliphatic carbocycles. The van der Waals surface area contributed by atoms with Crippen LogP contribution in [0.4, 0.5) is 0 Å². The van der Waals surface area contributed by atoms with Gasteiger partial charge in [-0.3, -0.25) is 0 Å². The molecule has 0 unspecified atom stereocenters. The molecule has 3 aromatic carbocycles. The van der Waals surface area contributed by atoms with E-state index in [0.717, 1.165) is 28.3 Å². The van der Waals surface area contributed by atoms with Gasteiger partial charge in [0.05, 0.1) is 0 Å². The zero-order valence-electron chi connectivity index (χ0n) is 21.2. The van der Waals surface area contributed by atoms with Gasteiger partial charge in [0, 0.05) is 17.4 Å². The number of allylic oxidation sites excluding steroid dienone is 1. The smallest absolute Gasteiger partial charge is 0.127 e. The summed E-state index contributed by atoms with van der Waals surface area (Å²) in [6.07, 6.45) is 0.720. The molecule has 1 nitrogen and oxygen atoms in total. The van der Waals surface area contributed by atoms with Crippen molar-refractivity contribution >= 4 is 16.3 Å². The van der Waals surface area contributed by atoms with Crippen LogP contribution in [0.5, 0.6) is 5.75 Å². The molecule has 0 radical (unpaired) electrons. The first-order chi connectivity index (χ1) is 15.1. The van der Waals surface area contributed by atoms with E-state index in [-0.39, 0.29) is 5.92 Å². The summed E-state index contributed by atoms with van der Waals surface area (Å²) in [6.45, 7) is 22.4. The molecule has 0 aromatic heterocycles. The van der Waals surface area contributed by atoms with Gasteiger partial charge in [0.2, 0.25) is 0 Å². The Bertz CT molecular complexity index is 1110. The fourth-order valence-electron chi connectivity index (χ4n) is 5.05. The standard InChI is InChI=1S/C31H40O/c1-18(2)22(9)29-25-16-15-24(19(3)4)27(20(5)6)30(25)31(32)26(28(29)21(7)8)17-23-13-11-10-12-14-23/h10-16,18-21,32H,9,17H2,1-8H3. The van der Waals surface area contributed by atoms with Crippen molar-refractivity contribution in [3.05, 3.63) is 82.4 Å². The Labute approximate surface area is 195 Å². The number of fused-ring (bicyclic) bond motifs is 1. The number of phenols is 1. The van der Waals surface area contributed by atoms with Gasteiger partial charge >= 0.3 is 0 Å². The second-order valence-corrected chi connectivity index (χ2v) is 10.4. The lowest BCUT2D eigenvalue weighted by atomic mass is 9.77.